The molecule has 0 unspecified atom stereocenters. The molecular weight excluding hydrogens is 407 g/mol. The van der Waals surface area contributed by atoms with Gasteiger partial charge < -0.3 is 9.64 Å². The number of nitrogens with zero attached hydrogens (tertiary/aromatic N) is 2. The lowest BCUT2D eigenvalue weighted by atomic mass is 10.1. The van der Waals surface area contributed by atoms with Gasteiger partial charge in [0.2, 0.25) is 10.0 Å². The normalized spacial score (nSPS) is 11.6. The Morgan fingerprint density at radius 3 is 2.20 bits per heavy atom. The van der Waals surface area contributed by atoms with Crippen molar-refractivity contribution in [2.75, 3.05) is 33.3 Å². The van der Waals surface area contributed by atoms with Crippen LogP contribution in [0, 0.1) is 19.7 Å². The van der Waals surface area contributed by atoms with Gasteiger partial charge in [-0.05, 0) is 55.3 Å². The molecule has 0 aliphatic rings. The summed E-state index contributed by atoms with van der Waals surface area (Å²) >= 11 is 0. The molecule has 1 amide bonds. The van der Waals surface area contributed by atoms with Gasteiger partial charge in [0.05, 0.1) is 6.54 Å². The lowest BCUT2D eigenvalue weighted by Gasteiger charge is -2.21. The van der Waals surface area contributed by atoms with Gasteiger partial charge in [0.25, 0.3) is 5.91 Å². The number of hydrogen-bond acceptors (Lipinski definition) is 4. The van der Waals surface area contributed by atoms with Gasteiger partial charge in [0.15, 0.2) is 0 Å². The molecule has 0 heterocycles. The van der Waals surface area contributed by atoms with Gasteiger partial charge in [-0.15, -0.1) is 0 Å². The van der Waals surface area contributed by atoms with E-state index in [1.54, 1.807) is 20.9 Å². The van der Waals surface area contributed by atoms with Crippen LogP contribution in [0.25, 0.3) is 0 Å². The third-order valence-corrected chi connectivity index (χ3v) is 6.80. The zero-order valence-corrected chi connectivity index (χ0v) is 18.9. The minimum atomic E-state index is -4.01. The summed E-state index contributed by atoms with van der Waals surface area (Å²) in [5.41, 5.74) is 2.28. The van der Waals surface area contributed by atoms with Crippen LogP contribution in [0.4, 0.5) is 4.39 Å². The summed E-state index contributed by atoms with van der Waals surface area (Å²) in [6.07, 6.45) is 0. The first-order valence-electron chi connectivity index (χ1n) is 9.86. The fraction of sp³-hybridized carbons (Fsp3) is 0.409. The molecule has 2 aromatic rings. The van der Waals surface area contributed by atoms with Crippen LogP contribution in [0.3, 0.4) is 0 Å². The van der Waals surface area contributed by atoms with E-state index in [0.717, 1.165) is 33.3 Å². The molecule has 0 saturated carbocycles. The van der Waals surface area contributed by atoms with E-state index in [9.17, 15) is 17.6 Å². The Balaban J connectivity index is 2.12. The Bertz CT molecular complexity index is 984. The predicted molar refractivity (Wildman–Crippen MR) is 115 cm³/mol. The first-order chi connectivity index (χ1) is 14.1. The summed E-state index contributed by atoms with van der Waals surface area (Å²) in [5, 5.41) is 0. The van der Waals surface area contributed by atoms with Gasteiger partial charge in [0.1, 0.15) is 23.1 Å². The second kappa shape index (κ2) is 10.0. The highest BCUT2D eigenvalue weighted by molar-refractivity contribution is 7.89. The lowest BCUT2D eigenvalue weighted by Crippen LogP contribution is -2.33. The van der Waals surface area contributed by atoms with Crippen molar-refractivity contribution in [1.82, 2.24) is 9.21 Å². The number of sulfonamides is 1. The van der Waals surface area contributed by atoms with Crippen molar-refractivity contribution in [1.29, 1.82) is 0 Å². The highest BCUT2D eigenvalue weighted by atomic mass is 32.2. The summed E-state index contributed by atoms with van der Waals surface area (Å²) in [7, 11) is -2.42. The number of halogens is 1. The maximum absolute atomic E-state index is 14.3. The minimum Gasteiger partial charge on any atom is -0.492 e. The number of rotatable bonds is 9. The summed E-state index contributed by atoms with van der Waals surface area (Å²) in [6.45, 7) is 8.31. The topological polar surface area (TPSA) is 66.9 Å². The largest absolute Gasteiger partial charge is 0.492 e. The highest BCUT2D eigenvalue weighted by Gasteiger charge is 2.27. The summed E-state index contributed by atoms with van der Waals surface area (Å²) in [4.78, 5) is 13.7. The number of amides is 1. The van der Waals surface area contributed by atoms with E-state index in [4.69, 9.17) is 4.74 Å². The van der Waals surface area contributed by atoms with Gasteiger partial charge in [-0.3, -0.25) is 4.79 Å². The van der Waals surface area contributed by atoms with Crippen LogP contribution in [0.2, 0.25) is 0 Å². The molecule has 0 radical (unpaired) electrons. The van der Waals surface area contributed by atoms with Crippen LogP contribution in [0.15, 0.2) is 41.3 Å². The minimum absolute atomic E-state index is 0.107. The van der Waals surface area contributed by atoms with Gasteiger partial charge in [-0.2, -0.15) is 4.31 Å². The number of ether oxygens (including phenoxy) is 1. The Morgan fingerprint density at radius 2 is 1.63 bits per heavy atom. The van der Waals surface area contributed by atoms with Crippen LogP contribution in [-0.4, -0.2) is 56.8 Å². The molecule has 0 saturated heterocycles. The molecule has 0 aliphatic heterocycles. The molecule has 6 nitrogen and oxygen atoms in total. The predicted octanol–water partition coefficient (Wildman–Crippen LogP) is 3.62. The molecule has 0 fully saturated rings. The smallest absolute Gasteiger partial charge is 0.253 e. The van der Waals surface area contributed by atoms with Gasteiger partial charge >= 0.3 is 0 Å². The van der Waals surface area contributed by atoms with E-state index in [1.165, 1.54) is 11.0 Å². The lowest BCUT2D eigenvalue weighted by molar-refractivity contribution is 0.0773. The number of hydrogen-bond donors (Lipinski definition) is 0. The van der Waals surface area contributed by atoms with Crippen LogP contribution in [0.5, 0.6) is 5.75 Å². The molecule has 2 aromatic carbocycles. The zero-order chi connectivity index (χ0) is 22.5. The van der Waals surface area contributed by atoms with Gasteiger partial charge in [-0.25, -0.2) is 12.8 Å². The van der Waals surface area contributed by atoms with Crippen molar-refractivity contribution in [3.8, 4) is 5.75 Å². The highest BCUT2D eigenvalue weighted by Crippen LogP contribution is 2.22. The van der Waals surface area contributed by atoms with Crippen LogP contribution in [0.1, 0.15) is 35.3 Å². The maximum Gasteiger partial charge on any atom is 0.253 e. The fourth-order valence-corrected chi connectivity index (χ4v) is 4.72. The van der Waals surface area contributed by atoms with Crippen molar-refractivity contribution in [3.63, 3.8) is 0 Å². The van der Waals surface area contributed by atoms with E-state index >= 15 is 0 Å². The molecule has 0 N–H and O–H groups in total. The van der Waals surface area contributed by atoms with Crippen LogP contribution in [-0.2, 0) is 10.0 Å². The van der Waals surface area contributed by atoms with E-state index in [1.807, 2.05) is 32.0 Å². The van der Waals surface area contributed by atoms with Crippen molar-refractivity contribution >= 4 is 15.9 Å². The van der Waals surface area contributed by atoms with E-state index in [0.29, 0.717) is 6.54 Å². The Labute approximate surface area is 178 Å². The van der Waals surface area contributed by atoms with E-state index < -0.39 is 26.6 Å². The van der Waals surface area contributed by atoms with Crippen molar-refractivity contribution in [2.24, 2.45) is 0 Å². The summed E-state index contributed by atoms with van der Waals surface area (Å²) in [5.74, 6) is -0.558. The van der Waals surface area contributed by atoms with E-state index in [2.05, 4.69) is 0 Å². The van der Waals surface area contributed by atoms with Gasteiger partial charge in [0, 0.05) is 25.7 Å². The molecule has 0 bridgehead atoms. The molecule has 0 atom stereocenters. The first-order valence-corrected chi connectivity index (χ1v) is 11.3. The molecule has 0 spiro atoms. The second-order valence-electron chi connectivity index (χ2n) is 7.13. The second-order valence-corrected chi connectivity index (χ2v) is 9.04. The molecule has 2 rings (SSSR count). The van der Waals surface area contributed by atoms with Crippen molar-refractivity contribution in [2.45, 2.75) is 32.6 Å². The molecule has 8 heteroatoms. The van der Waals surface area contributed by atoms with Crippen LogP contribution >= 0.6 is 0 Å². The molecule has 0 aromatic heterocycles. The number of likely N-dealkylation sites (N-methyl/N-ethyl adjacent to an activating group) is 1. The standard InChI is InChI=1S/C22H29FN2O4S/c1-6-25(7-2)30(27,28)21-15-18(8-9-20(21)23)22(26)24(5)10-11-29-19-13-16(3)12-17(4)14-19/h8-9,12-15H,6-7,10-11H2,1-5H3. The summed E-state index contributed by atoms with van der Waals surface area (Å²) in [6, 6.07) is 9.29. The Hall–Kier alpha value is -2.45. The Kier molecular flexibility index (Phi) is 7.97. The number of carbonyl (C=O) groups excluding carboxylic acids is 1. The SMILES string of the molecule is CCN(CC)S(=O)(=O)c1cc(C(=O)N(C)CCOc2cc(C)cc(C)c2)ccc1F. The third kappa shape index (κ3) is 5.58. The zero-order valence-electron chi connectivity index (χ0n) is 18.1. The average Bonchev–Trinajstić information content (AvgIpc) is 2.67. The van der Waals surface area contributed by atoms with E-state index in [-0.39, 0.29) is 25.3 Å². The molecule has 0 aliphatic carbocycles. The number of carbonyl (C=O) groups is 1. The average molecular weight is 437 g/mol. The fourth-order valence-electron chi connectivity index (χ4n) is 3.18. The van der Waals surface area contributed by atoms with Crippen LogP contribution < -0.4 is 4.74 Å². The third-order valence-electron chi connectivity index (χ3n) is 4.74. The number of benzene rings is 2. The quantitative estimate of drug-likeness (QED) is 0.602. The number of aryl methyl sites for hydroxylation is 2. The van der Waals surface area contributed by atoms with Gasteiger partial charge in [-0.1, -0.05) is 19.9 Å². The summed E-state index contributed by atoms with van der Waals surface area (Å²) < 4.78 is 46.5. The molecule has 164 valence electrons. The Morgan fingerprint density at radius 1 is 1.03 bits per heavy atom. The molecule has 30 heavy (non-hydrogen) atoms. The monoisotopic (exact) mass is 436 g/mol. The van der Waals surface area contributed by atoms with Crippen molar-refractivity contribution < 1.29 is 22.3 Å². The van der Waals surface area contributed by atoms with Crippen molar-refractivity contribution in [3.05, 3.63) is 58.9 Å². The molecular formula is C22H29FN2O4S. The first kappa shape index (κ1) is 23.8. The maximum atomic E-state index is 14.3.